The first-order valence-electron chi connectivity index (χ1n) is 11.8. The van der Waals surface area contributed by atoms with Crippen molar-refractivity contribution in [1.29, 1.82) is 0 Å². The monoisotopic (exact) mass is 521 g/mol. The molecule has 37 heavy (non-hydrogen) atoms. The maximum absolute atomic E-state index is 12.9. The molecule has 0 saturated carbocycles. The lowest BCUT2D eigenvalue weighted by Crippen LogP contribution is -2.58. The molecule has 0 fully saturated rings. The minimum Gasteiger partial charge on any atom is -0.481 e. The zero-order valence-corrected chi connectivity index (χ0v) is 20.8. The molecule has 13 nitrogen and oxygen atoms in total. The van der Waals surface area contributed by atoms with Crippen LogP contribution in [-0.2, 0) is 35.2 Å². The molecule has 0 aromatic heterocycles. The van der Waals surface area contributed by atoms with E-state index in [0.29, 0.717) is 12.0 Å². The van der Waals surface area contributed by atoms with E-state index in [4.69, 9.17) is 11.5 Å². The number of carbonyl (C=O) groups is 6. The summed E-state index contributed by atoms with van der Waals surface area (Å²) in [4.78, 5) is 72.7. The third kappa shape index (κ3) is 11.1. The van der Waals surface area contributed by atoms with Gasteiger partial charge >= 0.3 is 11.9 Å². The average Bonchev–Trinajstić information content (AvgIpc) is 2.84. The molecule has 1 aromatic rings. The molecule has 0 aliphatic heterocycles. The molecule has 5 unspecified atom stereocenters. The quantitative estimate of drug-likeness (QED) is 0.139. The molecule has 4 amide bonds. The third-order valence-electron chi connectivity index (χ3n) is 5.78. The summed E-state index contributed by atoms with van der Waals surface area (Å²) in [5, 5.41) is 25.7. The number of amides is 4. The van der Waals surface area contributed by atoms with Gasteiger partial charge in [-0.15, -0.1) is 0 Å². The van der Waals surface area contributed by atoms with Gasteiger partial charge < -0.3 is 37.6 Å². The maximum Gasteiger partial charge on any atom is 0.326 e. The molecule has 13 heteroatoms. The van der Waals surface area contributed by atoms with Crippen LogP contribution in [0, 0.1) is 5.92 Å². The molecule has 1 aromatic carbocycles. The Labute approximate surface area is 214 Å². The van der Waals surface area contributed by atoms with E-state index in [1.165, 1.54) is 0 Å². The van der Waals surface area contributed by atoms with E-state index in [1.54, 1.807) is 37.3 Å². The topological polar surface area (TPSA) is 231 Å². The smallest absolute Gasteiger partial charge is 0.326 e. The summed E-state index contributed by atoms with van der Waals surface area (Å²) in [5.41, 5.74) is 11.7. The van der Waals surface area contributed by atoms with Crippen molar-refractivity contribution < 1.29 is 39.0 Å². The van der Waals surface area contributed by atoms with Crippen molar-refractivity contribution >= 4 is 35.6 Å². The largest absolute Gasteiger partial charge is 0.481 e. The van der Waals surface area contributed by atoms with Crippen molar-refractivity contribution in [1.82, 2.24) is 16.0 Å². The lowest BCUT2D eigenvalue weighted by molar-refractivity contribution is -0.143. The highest BCUT2D eigenvalue weighted by Gasteiger charge is 2.32. The lowest BCUT2D eigenvalue weighted by atomic mass is 9.99. The zero-order valence-electron chi connectivity index (χ0n) is 20.8. The summed E-state index contributed by atoms with van der Waals surface area (Å²) >= 11 is 0. The molecule has 0 saturated heterocycles. The predicted molar refractivity (Wildman–Crippen MR) is 132 cm³/mol. The number of nitrogens with one attached hydrogen (secondary N) is 3. The van der Waals surface area contributed by atoms with Gasteiger partial charge in [-0.2, -0.15) is 0 Å². The van der Waals surface area contributed by atoms with Gasteiger partial charge in [0.2, 0.25) is 23.6 Å². The van der Waals surface area contributed by atoms with Crippen LogP contribution in [0.15, 0.2) is 30.3 Å². The molecule has 1 rings (SSSR count). The molecule has 0 heterocycles. The second kappa shape index (κ2) is 15.2. The summed E-state index contributed by atoms with van der Waals surface area (Å²) in [5.74, 6) is -6.44. The van der Waals surface area contributed by atoms with Gasteiger partial charge in [-0.25, -0.2) is 4.79 Å². The van der Waals surface area contributed by atoms with Crippen molar-refractivity contribution in [3.05, 3.63) is 35.9 Å². The predicted octanol–water partition coefficient (Wildman–Crippen LogP) is -1.12. The first kappa shape index (κ1) is 31.0. The number of carboxylic acid groups (broad SMARTS) is 2. The molecule has 0 aliphatic rings. The number of hydrogen-bond donors (Lipinski definition) is 7. The van der Waals surface area contributed by atoms with E-state index in [-0.39, 0.29) is 25.2 Å². The molecule has 0 bridgehead atoms. The Balaban J connectivity index is 3.06. The fourth-order valence-corrected chi connectivity index (χ4v) is 3.31. The van der Waals surface area contributed by atoms with Crippen molar-refractivity contribution in [2.24, 2.45) is 17.4 Å². The summed E-state index contributed by atoms with van der Waals surface area (Å²) in [6, 6.07) is 3.14. The maximum atomic E-state index is 12.9. The second-order valence-electron chi connectivity index (χ2n) is 8.73. The molecular weight excluding hydrogens is 486 g/mol. The highest BCUT2D eigenvalue weighted by molar-refractivity contribution is 5.95. The average molecular weight is 522 g/mol. The van der Waals surface area contributed by atoms with E-state index in [1.807, 2.05) is 6.92 Å². The molecular formula is C24H35N5O8. The van der Waals surface area contributed by atoms with Crippen LogP contribution >= 0.6 is 0 Å². The van der Waals surface area contributed by atoms with Crippen LogP contribution in [0.1, 0.15) is 45.1 Å². The number of primary amides is 1. The normalized spacial score (nSPS) is 14.8. The highest BCUT2D eigenvalue weighted by atomic mass is 16.4. The Bertz CT molecular complexity index is 971. The first-order chi connectivity index (χ1) is 17.3. The van der Waals surface area contributed by atoms with Crippen molar-refractivity contribution in [2.75, 3.05) is 0 Å². The van der Waals surface area contributed by atoms with Gasteiger partial charge in [0.1, 0.15) is 18.1 Å². The molecule has 0 radical (unpaired) electrons. The summed E-state index contributed by atoms with van der Waals surface area (Å²) in [6.07, 6.45) is -0.911. The molecule has 204 valence electrons. The Hall–Kier alpha value is -4.00. The minimum atomic E-state index is -1.58. The van der Waals surface area contributed by atoms with Crippen LogP contribution in [0.5, 0.6) is 0 Å². The summed E-state index contributed by atoms with van der Waals surface area (Å²) in [6.45, 7) is 3.53. The van der Waals surface area contributed by atoms with Gasteiger partial charge in [-0.05, 0) is 17.9 Å². The van der Waals surface area contributed by atoms with E-state index in [9.17, 15) is 39.0 Å². The molecule has 0 aliphatic carbocycles. The minimum absolute atomic E-state index is 0.0520. The van der Waals surface area contributed by atoms with Crippen LogP contribution in [0.25, 0.3) is 0 Å². The van der Waals surface area contributed by atoms with Crippen LogP contribution in [0.2, 0.25) is 0 Å². The van der Waals surface area contributed by atoms with Crippen LogP contribution in [0.4, 0.5) is 0 Å². The number of hydrogen-bond acceptors (Lipinski definition) is 7. The number of rotatable bonds is 16. The second-order valence-corrected chi connectivity index (χ2v) is 8.73. The van der Waals surface area contributed by atoms with Crippen molar-refractivity contribution in [3.63, 3.8) is 0 Å². The van der Waals surface area contributed by atoms with E-state index in [2.05, 4.69) is 16.0 Å². The highest BCUT2D eigenvalue weighted by Crippen LogP contribution is 2.08. The Kier molecular flexibility index (Phi) is 12.7. The molecule has 0 spiro atoms. The Morgan fingerprint density at radius 3 is 1.92 bits per heavy atom. The van der Waals surface area contributed by atoms with Crippen molar-refractivity contribution in [2.45, 2.75) is 70.1 Å². The molecule has 9 N–H and O–H groups in total. The lowest BCUT2D eigenvalue weighted by Gasteiger charge is -2.25. The third-order valence-corrected chi connectivity index (χ3v) is 5.78. The number of nitrogens with two attached hydrogens (primary N) is 2. The summed E-state index contributed by atoms with van der Waals surface area (Å²) in [7, 11) is 0. The van der Waals surface area contributed by atoms with Crippen LogP contribution in [0.3, 0.4) is 0 Å². The zero-order chi connectivity index (χ0) is 28.1. The fraction of sp³-hybridized carbons (Fsp3) is 0.500. The molecule has 5 atom stereocenters. The number of benzene rings is 1. The Morgan fingerprint density at radius 2 is 1.41 bits per heavy atom. The Morgan fingerprint density at radius 1 is 0.865 bits per heavy atom. The van der Waals surface area contributed by atoms with Crippen LogP contribution < -0.4 is 27.4 Å². The standard InChI is InChI=1S/C24H35N5O8/c1-3-13(2)20(26)23(35)28-16(12-19(31)32)22(34)27-15(9-10-18(25)30)21(33)29-17(24(36)37)11-14-7-5-4-6-8-14/h4-8,13,15-17,20H,3,9-12,26H2,1-2H3,(H2,25,30)(H,27,34)(H,28,35)(H,29,33)(H,31,32)(H,36,37). The SMILES string of the molecule is CCC(C)C(N)C(=O)NC(CC(=O)O)C(=O)NC(CCC(N)=O)C(=O)NC(Cc1ccccc1)C(=O)O. The first-order valence-corrected chi connectivity index (χ1v) is 11.8. The van der Waals surface area contributed by atoms with Gasteiger partial charge in [0.05, 0.1) is 12.5 Å². The van der Waals surface area contributed by atoms with Crippen molar-refractivity contribution in [3.8, 4) is 0 Å². The van der Waals surface area contributed by atoms with Gasteiger partial charge in [0.15, 0.2) is 0 Å². The summed E-state index contributed by atoms with van der Waals surface area (Å²) < 4.78 is 0. The number of aliphatic carboxylic acids is 2. The van der Waals surface area contributed by atoms with Crippen LogP contribution in [-0.4, -0.2) is 69.9 Å². The van der Waals surface area contributed by atoms with Gasteiger partial charge in [-0.3, -0.25) is 24.0 Å². The van der Waals surface area contributed by atoms with Gasteiger partial charge in [0.25, 0.3) is 0 Å². The number of carbonyl (C=O) groups excluding carboxylic acids is 4. The van der Waals surface area contributed by atoms with Gasteiger partial charge in [0, 0.05) is 12.8 Å². The van der Waals surface area contributed by atoms with E-state index < -0.39 is 66.2 Å². The van der Waals surface area contributed by atoms with E-state index >= 15 is 0 Å². The van der Waals surface area contributed by atoms with E-state index in [0.717, 1.165) is 0 Å². The van der Waals surface area contributed by atoms with Gasteiger partial charge in [-0.1, -0.05) is 50.6 Å². The fourth-order valence-electron chi connectivity index (χ4n) is 3.31. The number of carboxylic acids is 2.